The molecule has 2 fully saturated rings. The van der Waals surface area contributed by atoms with Gasteiger partial charge in [0, 0.05) is 16.9 Å². The predicted octanol–water partition coefficient (Wildman–Crippen LogP) is 8.79. The predicted molar refractivity (Wildman–Crippen MR) is 149 cm³/mol. The summed E-state index contributed by atoms with van der Waals surface area (Å²) in [5.74, 6) is 1.44. The molecule has 3 aromatic rings. The van der Waals surface area contributed by atoms with Crippen molar-refractivity contribution in [3.05, 3.63) is 107 Å². The summed E-state index contributed by atoms with van der Waals surface area (Å²) in [4.78, 5) is 5.65. The van der Waals surface area contributed by atoms with Gasteiger partial charge in [-0.15, -0.1) is 0 Å². The number of fused-ring (bicyclic) bond motifs is 3. The van der Waals surface area contributed by atoms with Gasteiger partial charge in [0.15, 0.2) is 0 Å². The Morgan fingerprint density at radius 1 is 0.667 bits per heavy atom. The van der Waals surface area contributed by atoms with E-state index in [1.807, 2.05) is 0 Å². The lowest BCUT2D eigenvalue weighted by Gasteiger charge is -2.52. The van der Waals surface area contributed by atoms with Gasteiger partial charge >= 0.3 is 0 Å². The topological polar surface area (TPSA) is 6.48 Å². The first-order chi connectivity index (χ1) is 17.7. The Balaban J connectivity index is 1.54. The summed E-state index contributed by atoms with van der Waals surface area (Å²) in [6, 6.07) is 29.9. The van der Waals surface area contributed by atoms with Crippen LogP contribution in [-0.2, 0) is 5.54 Å². The van der Waals surface area contributed by atoms with Gasteiger partial charge in [-0.3, -0.25) is 0 Å². The van der Waals surface area contributed by atoms with E-state index in [0.29, 0.717) is 0 Å². The molecule has 36 heavy (non-hydrogen) atoms. The number of hydrogen-bond donors (Lipinski definition) is 0. The van der Waals surface area contributed by atoms with Crippen molar-refractivity contribution in [1.82, 2.24) is 4.90 Å². The zero-order valence-corrected chi connectivity index (χ0v) is 21.8. The van der Waals surface area contributed by atoms with E-state index in [-0.39, 0.29) is 11.7 Å². The maximum Gasteiger partial charge on any atom is 0.133 e. The molecule has 0 radical (unpaired) electrons. The molecular formula is C34H38N2. The first kappa shape index (κ1) is 22.2. The van der Waals surface area contributed by atoms with Crippen LogP contribution in [0.3, 0.4) is 0 Å². The minimum absolute atomic E-state index is 0.0815. The highest BCUT2D eigenvalue weighted by Gasteiger charge is 2.62. The fourth-order valence-corrected chi connectivity index (χ4v) is 8.56. The normalized spacial score (nSPS) is 23.6. The second-order valence-corrected chi connectivity index (χ2v) is 11.6. The molecular weight excluding hydrogens is 436 g/mol. The molecule has 7 rings (SSSR count). The van der Waals surface area contributed by atoms with Crippen molar-refractivity contribution < 1.29 is 0 Å². The van der Waals surface area contributed by atoms with Crippen molar-refractivity contribution in [3.63, 3.8) is 0 Å². The third kappa shape index (κ3) is 2.97. The van der Waals surface area contributed by atoms with Gasteiger partial charge in [0.2, 0.25) is 0 Å². The number of benzene rings is 3. The van der Waals surface area contributed by atoms with Crippen LogP contribution in [0.4, 0.5) is 5.69 Å². The monoisotopic (exact) mass is 474 g/mol. The summed E-state index contributed by atoms with van der Waals surface area (Å²) in [6.45, 7) is 4.65. The molecule has 0 saturated heterocycles. The lowest BCUT2D eigenvalue weighted by atomic mass is 9.67. The zero-order chi connectivity index (χ0) is 24.3. The van der Waals surface area contributed by atoms with E-state index in [1.54, 1.807) is 5.56 Å². The maximum absolute atomic E-state index is 2.97. The molecule has 2 heterocycles. The molecule has 2 aliphatic heterocycles. The van der Waals surface area contributed by atoms with Crippen LogP contribution in [-0.4, -0.2) is 4.90 Å². The molecule has 1 atom stereocenters. The van der Waals surface area contributed by atoms with Crippen LogP contribution in [0.2, 0.25) is 0 Å². The van der Waals surface area contributed by atoms with Crippen molar-refractivity contribution in [2.75, 3.05) is 4.90 Å². The standard InChI is InChI=1S/C34H38N2/c1-24-14-6-13-23-31(24)35-25(2)32-29-21-11-12-22-30(29)34(27-17-7-8-18-27,28-19-9-10-20-28)36(32)33(35)26-15-4-3-5-16-26/h3-6,11-16,21-23,27-28,33H,7-10,17-20H2,1-2H3. The molecule has 1 unspecified atom stereocenters. The summed E-state index contributed by atoms with van der Waals surface area (Å²) in [6.07, 6.45) is 11.1. The van der Waals surface area contributed by atoms with Crippen LogP contribution in [0, 0.1) is 18.8 Å². The first-order valence-corrected chi connectivity index (χ1v) is 14.2. The lowest BCUT2D eigenvalue weighted by molar-refractivity contribution is 0.01000. The van der Waals surface area contributed by atoms with Crippen molar-refractivity contribution in [3.8, 4) is 0 Å². The van der Waals surface area contributed by atoms with Gasteiger partial charge < -0.3 is 9.80 Å². The summed E-state index contributed by atoms with van der Waals surface area (Å²) in [5.41, 5.74) is 10.2. The summed E-state index contributed by atoms with van der Waals surface area (Å²) < 4.78 is 0. The Kier molecular flexibility index (Phi) is 5.27. The number of aryl methyl sites for hydroxylation is 1. The largest absolute Gasteiger partial charge is 0.335 e. The van der Waals surface area contributed by atoms with E-state index in [1.165, 1.54) is 85.1 Å². The summed E-state index contributed by atoms with van der Waals surface area (Å²) >= 11 is 0. The fourth-order valence-electron chi connectivity index (χ4n) is 8.56. The van der Waals surface area contributed by atoms with Crippen LogP contribution in [0.1, 0.15) is 86.7 Å². The second-order valence-electron chi connectivity index (χ2n) is 11.6. The van der Waals surface area contributed by atoms with E-state index < -0.39 is 0 Å². The Bertz CT molecular complexity index is 1280. The number of allylic oxidation sites excluding steroid dienone is 1. The third-order valence-corrected chi connectivity index (χ3v) is 9.87. The van der Waals surface area contributed by atoms with Crippen molar-refractivity contribution in [2.24, 2.45) is 11.8 Å². The Morgan fingerprint density at radius 3 is 1.92 bits per heavy atom. The van der Waals surface area contributed by atoms with E-state index in [2.05, 4.69) is 103 Å². The third-order valence-electron chi connectivity index (χ3n) is 9.87. The Labute approximate surface area is 216 Å². The quantitative estimate of drug-likeness (QED) is 0.373. The van der Waals surface area contributed by atoms with Crippen molar-refractivity contribution >= 4 is 11.4 Å². The first-order valence-electron chi connectivity index (χ1n) is 14.2. The van der Waals surface area contributed by atoms with E-state index in [0.717, 1.165) is 11.8 Å². The van der Waals surface area contributed by atoms with Crippen molar-refractivity contribution in [2.45, 2.75) is 76.9 Å². The second kappa shape index (κ2) is 8.54. The molecule has 4 aliphatic rings. The average Bonchev–Trinajstić information content (AvgIpc) is 3.71. The van der Waals surface area contributed by atoms with Gasteiger partial charge in [0.25, 0.3) is 0 Å². The number of nitrogens with zero attached hydrogens (tertiary/aromatic N) is 2. The highest BCUT2D eigenvalue weighted by atomic mass is 15.5. The van der Waals surface area contributed by atoms with Gasteiger partial charge in [-0.1, -0.05) is 98.5 Å². The van der Waals surface area contributed by atoms with Crippen LogP contribution in [0.5, 0.6) is 0 Å². The van der Waals surface area contributed by atoms with Crippen molar-refractivity contribution in [1.29, 1.82) is 0 Å². The van der Waals surface area contributed by atoms with Gasteiger partial charge in [-0.05, 0) is 74.1 Å². The van der Waals surface area contributed by atoms with Crippen LogP contribution >= 0.6 is 0 Å². The van der Waals surface area contributed by atoms with Gasteiger partial charge in [0.05, 0.1) is 11.2 Å². The highest BCUT2D eigenvalue weighted by Crippen LogP contribution is 2.66. The van der Waals surface area contributed by atoms with E-state index in [4.69, 9.17) is 0 Å². The molecule has 0 amide bonds. The molecule has 0 bridgehead atoms. The molecule has 184 valence electrons. The molecule has 0 spiro atoms. The number of rotatable bonds is 4. The van der Waals surface area contributed by atoms with Crippen LogP contribution in [0.15, 0.2) is 84.6 Å². The molecule has 0 N–H and O–H groups in total. The zero-order valence-electron chi connectivity index (χ0n) is 21.8. The van der Waals surface area contributed by atoms with Gasteiger partial charge in [0.1, 0.15) is 6.17 Å². The number of hydrogen-bond acceptors (Lipinski definition) is 2. The minimum atomic E-state index is 0.0815. The van der Waals surface area contributed by atoms with Gasteiger partial charge in [-0.2, -0.15) is 0 Å². The summed E-state index contributed by atoms with van der Waals surface area (Å²) in [7, 11) is 0. The Morgan fingerprint density at radius 2 is 1.25 bits per heavy atom. The lowest BCUT2D eigenvalue weighted by Crippen LogP contribution is -2.53. The molecule has 2 aliphatic carbocycles. The van der Waals surface area contributed by atoms with Crippen LogP contribution in [0.25, 0.3) is 5.70 Å². The molecule has 0 aromatic heterocycles. The summed E-state index contributed by atoms with van der Waals surface area (Å²) in [5, 5.41) is 0. The molecule has 2 heteroatoms. The number of para-hydroxylation sites is 1. The minimum Gasteiger partial charge on any atom is -0.335 e. The smallest absolute Gasteiger partial charge is 0.133 e. The molecule has 2 saturated carbocycles. The Hall–Kier alpha value is -3.00. The van der Waals surface area contributed by atoms with E-state index in [9.17, 15) is 0 Å². The number of anilines is 1. The van der Waals surface area contributed by atoms with E-state index >= 15 is 0 Å². The molecule has 2 nitrogen and oxygen atoms in total. The SMILES string of the molecule is CC1=C2c3ccccc3C(C3CCCC3)(C3CCCC3)N2C(c2ccccc2)N1c1ccccc1C. The average molecular weight is 475 g/mol. The van der Waals surface area contributed by atoms with Gasteiger partial charge in [-0.25, -0.2) is 0 Å². The maximum atomic E-state index is 2.97. The van der Waals surface area contributed by atoms with Crippen LogP contribution < -0.4 is 4.90 Å². The highest BCUT2D eigenvalue weighted by molar-refractivity contribution is 5.83. The fraction of sp³-hybridized carbons (Fsp3) is 0.412. The molecule has 3 aromatic carbocycles.